The van der Waals surface area contributed by atoms with Gasteiger partial charge in [0, 0.05) is 25.0 Å². The fourth-order valence-corrected chi connectivity index (χ4v) is 4.87. The summed E-state index contributed by atoms with van der Waals surface area (Å²) in [6, 6.07) is 6.75. The lowest BCUT2D eigenvalue weighted by molar-refractivity contribution is 0.102. The fraction of sp³-hybridized carbons (Fsp3) is 0.125. The number of nitrogens with zero attached hydrogens (tertiary/aromatic N) is 2. The van der Waals surface area contributed by atoms with Crippen LogP contribution in [0, 0.1) is 5.82 Å². The molecule has 6 nitrogen and oxygen atoms in total. The van der Waals surface area contributed by atoms with Gasteiger partial charge in [-0.25, -0.2) is 22.1 Å². The number of sulfonamides is 1. The standard InChI is InChI=1S/C16H13ClFN3O3S3/c1-21(2)27(23,24)13-7-9(3-4-10(13)18)15(22)20-16-19-11(8-25-16)12-5-6-14(17)26-12/h3-8H,1-2H3,(H,19,20,22). The van der Waals surface area contributed by atoms with Crippen LogP contribution in [0.1, 0.15) is 10.4 Å². The number of anilines is 1. The van der Waals surface area contributed by atoms with Crippen LogP contribution in [-0.2, 0) is 10.0 Å². The van der Waals surface area contributed by atoms with E-state index in [4.69, 9.17) is 11.6 Å². The van der Waals surface area contributed by atoms with Gasteiger partial charge >= 0.3 is 0 Å². The molecule has 0 aliphatic rings. The second kappa shape index (κ2) is 7.64. The molecule has 0 atom stereocenters. The van der Waals surface area contributed by atoms with Crippen LogP contribution >= 0.6 is 34.3 Å². The Morgan fingerprint density at radius 2 is 2.00 bits per heavy atom. The molecule has 0 aliphatic heterocycles. The van der Waals surface area contributed by atoms with Crippen molar-refractivity contribution < 1.29 is 17.6 Å². The van der Waals surface area contributed by atoms with E-state index >= 15 is 0 Å². The highest BCUT2D eigenvalue weighted by Gasteiger charge is 2.23. The van der Waals surface area contributed by atoms with Gasteiger partial charge < -0.3 is 0 Å². The summed E-state index contributed by atoms with van der Waals surface area (Å²) in [6.45, 7) is 0. The number of nitrogens with one attached hydrogen (secondary N) is 1. The minimum absolute atomic E-state index is 0.00717. The average molecular weight is 446 g/mol. The third-order valence-electron chi connectivity index (χ3n) is 3.50. The number of hydrogen-bond donors (Lipinski definition) is 1. The van der Waals surface area contributed by atoms with Crippen molar-refractivity contribution in [3.8, 4) is 10.6 Å². The largest absolute Gasteiger partial charge is 0.298 e. The van der Waals surface area contributed by atoms with Crippen LogP contribution in [0.25, 0.3) is 10.6 Å². The van der Waals surface area contributed by atoms with Crippen LogP contribution in [0.3, 0.4) is 0 Å². The Balaban J connectivity index is 1.84. The van der Waals surface area contributed by atoms with Crippen molar-refractivity contribution >= 4 is 55.3 Å². The van der Waals surface area contributed by atoms with E-state index in [0.717, 1.165) is 21.3 Å². The van der Waals surface area contributed by atoms with Crippen LogP contribution in [0.15, 0.2) is 40.6 Å². The molecule has 3 rings (SSSR count). The molecule has 0 radical (unpaired) electrons. The molecule has 0 saturated heterocycles. The molecule has 0 bridgehead atoms. The summed E-state index contributed by atoms with van der Waals surface area (Å²) in [5.41, 5.74) is 0.676. The van der Waals surface area contributed by atoms with Crippen molar-refractivity contribution in [1.82, 2.24) is 9.29 Å². The zero-order valence-electron chi connectivity index (χ0n) is 14.1. The van der Waals surface area contributed by atoms with E-state index in [1.807, 2.05) is 6.07 Å². The van der Waals surface area contributed by atoms with Crippen molar-refractivity contribution in [3.63, 3.8) is 0 Å². The van der Waals surface area contributed by atoms with Gasteiger partial charge in [-0.3, -0.25) is 10.1 Å². The molecule has 1 aromatic carbocycles. The smallest absolute Gasteiger partial charge is 0.257 e. The number of aromatic nitrogens is 1. The molecule has 2 heterocycles. The Bertz CT molecular complexity index is 1110. The Labute approximate surface area is 168 Å². The molecule has 142 valence electrons. The normalized spacial score (nSPS) is 11.7. The predicted octanol–water partition coefficient (Wildman–Crippen LogP) is 4.17. The Hall–Kier alpha value is -1.85. The zero-order valence-corrected chi connectivity index (χ0v) is 17.3. The van der Waals surface area contributed by atoms with Gasteiger partial charge in [-0.15, -0.1) is 22.7 Å². The second-order valence-electron chi connectivity index (χ2n) is 5.53. The Kier molecular flexibility index (Phi) is 5.63. The monoisotopic (exact) mass is 445 g/mol. The van der Waals surface area contributed by atoms with Crippen LogP contribution in [0.4, 0.5) is 9.52 Å². The first-order chi connectivity index (χ1) is 12.7. The minimum Gasteiger partial charge on any atom is -0.298 e. The first-order valence-electron chi connectivity index (χ1n) is 7.43. The maximum Gasteiger partial charge on any atom is 0.257 e. The van der Waals surface area contributed by atoms with Gasteiger partial charge in [0.1, 0.15) is 10.7 Å². The van der Waals surface area contributed by atoms with Crippen LogP contribution in [-0.4, -0.2) is 37.7 Å². The third kappa shape index (κ3) is 4.19. The number of carbonyl (C=O) groups is 1. The van der Waals surface area contributed by atoms with E-state index in [0.29, 0.717) is 15.2 Å². The molecule has 27 heavy (non-hydrogen) atoms. The number of halogens is 2. The lowest BCUT2D eigenvalue weighted by Gasteiger charge is -2.13. The van der Waals surface area contributed by atoms with Crippen molar-refractivity contribution in [3.05, 3.63) is 51.4 Å². The number of amides is 1. The second-order valence-corrected chi connectivity index (χ2v) is 10.2. The molecule has 0 saturated carbocycles. The molecule has 0 unspecified atom stereocenters. The summed E-state index contributed by atoms with van der Waals surface area (Å²) < 4.78 is 39.8. The van der Waals surface area contributed by atoms with Gasteiger partial charge in [0.2, 0.25) is 10.0 Å². The summed E-state index contributed by atoms with van der Waals surface area (Å²) in [5, 5.41) is 4.69. The maximum absolute atomic E-state index is 14.0. The molecule has 1 amide bonds. The van der Waals surface area contributed by atoms with E-state index in [9.17, 15) is 17.6 Å². The van der Waals surface area contributed by atoms with Crippen molar-refractivity contribution in [2.24, 2.45) is 0 Å². The third-order valence-corrected chi connectivity index (χ3v) is 7.34. The van der Waals surface area contributed by atoms with E-state index in [1.54, 1.807) is 11.4 Å². The minimum atomic E-state index is -4.01. The fourth-order valence-electron chi connectivity index (χ4n) is 2.10. The molecule has 0 aliphatic carbocycles. The summed E-state index contributed by atoms with van der Waals surface area (Å²) in [4.78, 5) is 17.0. The average Bonchev–Trinajstić information content (AvgIpc) is 3.23. The molecule has 3 aromatic rings. The van der Waals surface area contributed by atoms with Gasteiger partial charge in [-0.05, 0) is 30.3 Å². The molecule has 0 spiro atoms. The van der Waals surface area contributed by atoms with Crippen LogP contribution in [0.5, 0.6) is 0 Å². The lowest BCUT2D eigenvalue weighted by atomic mass is 10.2. The molecule has 0 fully saturated rings. The summed E-state index contributed by atoms with van der Waals surface area (Å²) in [6.07, 6.45) is 0. The molecule has 2 aromatic heterocycles. The predicted molar refractivity (Wildman–Crippen MR) is 106 cm³/mol. The van der Waals surface area contributed by atoms with Crippen LogP contribution in [0.2, 0.25) is 4.34 Å². The summed E-state index contributed by atoms with van der Waals surface area (Å²) >= 11 is 8.49. The first kappa shape index (κ1) is 19.9. The molecule has 1 N–H and O–H groups in total. The van der Waals surface area contributed by atoms with E-state index in [2.05, 4.69) is 10.3 Å². The van der Waals surface area contributed by atoms with Gasteiger partial charge in [-0.1, -0.05) is 11.6 Å². The van der Waals surface area contributed by atoms with E-state index in [1.165, 1.54) is 42.8 Å². The van der Waals surface area contributed by atoms with E-state index in [-0.39, 0.29) is 5.56 Å². The van der Waals surface area contributed by atoms with Gasteiger partial charge in [0.25, 0.3) is 5.91 Å². The maximum atomic E-state index is 14.0. The summed E-state index contributed by atoms with van der Waals surface area (Å²) in [7, 11) is -1.44. The van der Waals surface area contributed by atoms with Gasteiger partial charge in [-0.2, -0.15) is 0 Å². The SMILES string of the molecule is CN(C)S(=O)(=O)c1cc(C(=O)Nc2nc(-c3ccc(Cl)s3)cs2)ccc1F. The van der Waals surface area contributed by atoms with Crippen molar-refractivity contribution in [1.29, 1.82) is 0 Å². The highest BCUT2D eigenvalue weighted by Crippen LogP contribution is 2.33. The lowest BCUT2D eigenvalue weighted by Crippen LogP contribution is -2.24. The van der Waals surface area contributed by atoms with E-state index < -0.39 is 26.6 Å². The number of benzene rings is 1. The number of carbonyl (C=O) groups excluding carboxylic acids is 1. The highest BCUT2D eigenvalue weighted by atomic mass is 35.5. The van der Waals surface area contributed by atoms with Gasteiger partial charge in [0.15, 0.2) is 5.13 Å². The number of thiazole rings is 1. The summed E-state index contributed by atoms with van der Waals surface area (Å²) in [5.74, 6) is -1.51. The highest BCUT2D eigenvalue weighted by molar-refractivity contribution is 7.89. The molecular weight excluding hydrogens is 433 g/mol. The Morgan fingerprint density at radius 3 is 2.63 bits per heavy atom. The van der Waals surface area contributed by atoms with Crippen LogP contribution < -0.4 is 5.32 Å². The quantitative estimate of drug-likeness (QED) is 0.639. The van der Waals surface area contributed by atoms with Crippen molar-refractivity contribution in [2.75, 3.05) is 19.4 Å². The van der Waals surface area contributed by atoms with Gasteiger partial charge in [0.05, 0.1) is 14.9 Å². The molecular formula is C16H13ClFN3O3S3. The Morgan fingerprint density at radius 1 is 1.26 bits per heavy atom. The molecule has 11 heteroatoms. The number of rotatable bonds is 5. The number of hydrogen-bond acceptors (Lipinski definition) is 6. The first-order valence-corrected chi connectivity index (χ1v) is 10.9. The zero-order chi connectivity index (χ0) is 19.8. The number of thiophene rings is 1. The van der Waals surface area contributed by atoms with Crippen molar-refractivity contribution in [2.45, 2.75) is 4.90 Å². The topological polar surface area (TPSA) is 79.4 Å².